The molecule has 1 aliphatic heterocycles. The lowest BCUT2D eigenvalue weighted by Gasteiger charge is -2.21. The van der Waals surface area contributed by atoms with Gasteiger partial charge in [0.1, 0.15) is 11.7 Å². The van der Waals surface area contributed by atoms with Gasteiger partial charge in [-0.1, -0.05) is 0 Å². The van der Waals surface area contributed by atoms with Gasteiger partial charge in [0.25, 0.3) is 11.8 Å². The number of amides is 2. The van der Waals surface area contributed by atoms with Crippen LogP contribution in [0, 0.1) is 0 Å². The minimum Gasteiger partial charge on any atom is -0.480 e. The van der Waals surface area contributed by atoms with Gasteiger partial charge in [0.2, 0.25) is 0 Å². The van der Waals surface area contributed by atoms with Gasteiger partial charge in [0, 0.05) is 12.7 Å². The van der Waals surface area contributed by atoms with Crippen molar-refractivity contribution in [3.05, 3.63) is 29.6 Å². The van der Waals surface area contributed by atoms with Gasteiger partial charge in [-0.05, 0) is 25.0 Å². The Morgan fingerprint density at radius 1 is 1.37 bits per heavy atom. The van der Waals surface area contributed by atoms with E-state index in [0.29, 0.717) is 19.4 Å². The van der Waals surface area contributed by atoms with Crippen LogP contribution in [0.5, 0.6) is 0 Å². The highest BCUT2D eigenvalue weighted by molar-refractivity contribution is 5.97. The Morgan fingerprint density at radius 3 is 2.63 bits per heavy atom. The third-order valence-corrected chi connectivity index (χ3v) is 3.06. The first-order chi connectivity index (χ1) is 9.00. The van der Waals surface area contributed by atoms with Gasteiger partial charge >= 0.3 is 5.97 Å². The molecule has 0 spiro atoms. The lowest BCUT2D eigenvalue weighted by Crippen LogP contribution is -2.40. The number of likely N-dealkylation sites (tertiary alicyclic amines) is 1. The Bertz CT molecular complexity index is 526. The molecule has 1 fully saturated rings. The smallest absolute Gasteiger partial charge is 0.326 e. The van der Waals surface area contributed by atoms with Gasteiger partial charge in [0.15, 0.2) is 0 Å². The van der Waals surface area contributed by atoms with E-state index in [1.165, 1.54) is 23.2 Å². The fraction of sp³-hybridized carbons (Fsp3) is 0.333. The van der Waals surface area contributed by atoms with E-state index >= 15 is 0 Å². The summed E-state index contributed by atoms with van der Waals surface area (Å²) in [7, 11) is 0. The molecule has 1 aromatic heterocycles. The van der Waals surface area contributed by atoms with Gasteiger partial charge in [-0.15, -0.1) is 0 Å². The lowest BCUT2D eigenvalue weighted by molar-refractivity contribution is -0.141. The average Bonchev–Trinajstić information content (AvgIpc) is 2.87. The number of pyridine rings is 1. The van der Waals surface area contributed by atoms with Crippen LogP contribution in [0.4, 0.5) is 0 Å². The number of aromatic nitrogens is 1. The van der Waals surface area contributed by atoms with Crippen molar-refractivity contribution < 1.29 is 19.5 Å². The number of carboxylic acid groups (broad SMARTS) is 1. The summed E-state index contributed by atoms with van der Waals surface area (Å²) in [5.74, 6) is -2.08. The van der Waals surface area contributed by atoms with E-state index in [1.807, 2.05) is 0 Å². The molecule has 0 bridgehead atoms. The fourth-order valence-electron chi connectivity index (χ4n) is 2.10. The normalized spacial score (nSPS) is 18.3. The molecule has 1 aromatic rings. The molecule has 0 aromatic carbocycles. The van der Waals surface area contributed by atoms with Crippen LogP contribution in [0.3, 0.4) is 0 Å². The van der Waals surface area contributed by atoms with E-state index in [9.17, 15) is 14.4 Å². The van der Waals surface area contributed by atoms with Crippen molar-refractivity contribution in [1.29, 1.82) is 0 Å². The van der Waals surface area contributed by atoms with Crippen LogP contribution in [-0.2, 0) is 4.79 Å². The molecule has 1 saturated heterocycles. The molecule has 1 aliphatic rings. The van der Waals surface area contributed by atoms with Gasteiger partial charge in [-0.25, -0.2) is 4.79 Å². The predicted molar refractivity (Wildman–Crippen MR) is 64.4 cm³/mol. The third kappa shape index (κ3) is 2.54. The van der Waals surface area contributed by atoms with Gasteiger partial charge in [0.05, 0.1) is 5.56 Å². The van der Waals surface area contributed by atoms with Crippen LogP contribution >= 0.6 is 0 Å². The molecule has 2 amide bonds. The highest BCUT2D eigenvalue weighted by Gasteiger charge is 2.34. The second-order valence-corrected chi connectivity index (χ2v) is 4.29. The van der Waals surface area contributed by atoms with Crippen LogP contribution in [0.25, 0.3) is 0 Å². The molecule has 100 valence electrons. The number of aliphatic carboxylic acids is 1. The second-order valence-electron chi connectivity index (χ2n) is 4.29. The first-order valence-corrected chi connectivity index (χ1v) is 5.80. The summed E-state index contributed by atoms with van der Waals surface area (Å²) in [5.41, 5.74) is 5.36. The molecule has 0 aliphatic carbocycles. The maximum Gasteiger partial charge on any atom is 0.326 e. The second kappa shape index (κ2) is 5.05. The van der Waals surface area contributed by atoms with Gasteiger partial charge < -0.3 is 15.7 Å². The highest BCUT2D eigenvalue weighted by Crippen LogP contribution is 2.20. The molecular weight excluding hydrogens is 250 g/mol. The summed E-state index contributed by atoms with van der Waals surface area (Å²) in [6.45, 7) is 0.410. The number of carbonyl (C=O) groups is 3. The van der Waals surface area contributed by atoms with E-state index in [-0.39, 0.29) is 11.3 Å². The SMILES string of the molecule is NC(=O)c1ccc(C(=O)N2CCC[C@H]2C(=O)O)cn1. The first kappa shape index (κ1) is 13.0. The number of carbonyl (C=O) groups excluding carboxylic acids is 2. The van der Waals surface area contributed by atoms with Crippen molar-refractivity contribution in [2.75, 3.05) is 6.54 Å². The van der Waals surface area contributed by atoms with Gasteiger partial charge in [-0.3, -0.25) is 14.6 Å². The molecular formula is C12H13N3O4. The van der Waals surface area contributed by atoms with Crippen molar-refractivity contribution in [2.45, 2.75) is 18.9 Å². The molecule has 3 N–H and O–H groups in total. The minimum atomic E-state index is -1.01. The number of primary amides is 1. The van der Waals surface area contributed by atoms with Crippen LogP contribution < -0.4 is 5.73 Å². The van der Waals surface area contributed by atoms with E-state index in [4.69, 9.17) is 10.8 Å². The molecule has 7 heteroatoms. The van der Waals surface area contributed by atoms with Crippen molar-refractivity contribution in [3.8, 4) is 0 Å². The lowest BCUT2D eigenvalue weighted by atomic mass is 10.2. The fourth-order valence-corrected chi connectivity index (χ4v) is 2.10. The molecule has 19 heavy (non-hydrogen) atoms. The number of rotatable bonds is 3. The van der Waals surface area contributed by atoms with E-state index < -0.39 is 23.8 Å². The van der Waals surface area contributed by atoms with Crippen LogP contribution in [0.1, 0.15) is 33.7 Å². The van der Waals surface area contributed by atoms with Crippen LogP contribution in [0.15, 0.2) is 18.3 Å². The summed E-state index contributed by atoms with van der Waals surface area (Å²) in [5, 5.41) is 9.03. The van der Waals surface area contributed by atoms with Crippen LogP contribution in [-0.4, -0.2) is 45.4 Å². The summed E-state index contributed by atoms with van der Waals surface area (Å²) in [6, 6.07) is 1.98. The number of nitrogens with two attached hydrogens (primary N) is 1. The Hall–Kier alpha value is -2.44. The Labute approximate surface area is 109 Å². The maximum absolute atomic E-state index is 12.1. The zero-order chi connectivity index (χ0) is 14.0. The van der Waals surface area contributed by atoms with E-state index in [0.717, 1.165) is 0 Å². The number of nitrogens with zero attached hydrogens (tertiary/aromatic N) is 2. The summed E-state index contributed by atoms with van der Waals surface area (Å²) in [4.78, 5) is 39.1. The molecule has 2 rings (SSSR count). The number of hydrogen-bond donors (Lipinski definition) is 2. The quantitative estimate of drug-likeness (QED) is 0.788. The molecule has 1 atom stereocenters. The average molecular weight is 263 g/mol. The summed E-state index contributed by atoms with van der Waals surface area (Å²) < 4.78 is 0. The Balaban J connectivity index is 2.19. The van der Waals surface area contributed by atoms with Gasteiger partial charge in [-0.2, -0.15) is 0 Å². The van der Waals surface area contributed by atoms with Crippen molar-refractivity contribution in [1.82, 2.24) is 9.88 Å². The van der Waals surface area contributed by atoms with Crippen molar-refractivity contribution in [2.24, 2.45) is 5.73 Å². The number of carboxylic acids is 1. The van der Waals surface area contributed by atoms with E-state index in [2.05, 4.69) is 4.98 Å². The first-order valence-electron chi connectivity index (χ1n) is 5.80. The number of hydrogen-bond acceptors (Lipinski definition) is 4. The molecule has 0 saturated carbocycles. The monoisotopic (exact) mass is 263 g/mol. The topological polar surface area (TPSA) is 114 Å². The summed E-state index contributed by atoms with van der Waals surface area (Å²) in [6.07, 6.45) is 2.35. The zero-order valence-corrected chi connectivity index (χ0v) is 10.1. The molecule has 7 nitrogen and oxygen atoms in total. The summed E-state index contributed by atoms with van der Waals surface area (Å²) >= 11 is 0. The van der Waals surface area contributed by atoms with E-state index in [1.54, 1.807) is 0 Å². The third-order valence-electron chi connectivity index (χ3n) is 3.06. The Morgan fingerprint density at radius 2 is 2.11 bits per heavy atom. The maximum atomic E-state index is 12.1. The zero-order valence-electron chi connectivity index (χ0n) is 10.1. The standard InChI is InChI=1S/C12H13N3O4/c13-10(16)8-4-3-7(6-14-8)11(17)15-5-1-2-9(15)12(18)19/h3-4,6,9H,1-2,5H2,(H2,13,16)(H,18,19)/t9-/m0/s1. The molecule has 2 heterocycles. The molecule has 0 radical (unpaired) electrons. The largest absolute Gasteiger partial charge is 0.480 e. The van der Waals surface area contributed by atoms with Crippen LogP contribution in [0.2, 0.25) is 0 Å². The van der Waals surface area contributed by atoms with Crippen molar-refractivity contribution >= 4 is 17.8 Å². The predicted octanol–water partition coefficient (Wildman–Crippen LogP) is -0.130. The highest BCUT2D eigenvalue weighted by atomic mass is 16.4. The Kier molecular flexibility index (Phi) is 3.46. The molecule has 0 unspecified atom stereocenters. The van der Waals surface area contributed by atoms with Crippen molar-refractivity contribution in [3.63, 3.8) is 0 Å². The minimum absolute atomic E-state index is 0.0627.